The molecule has 1 aromatic heterocycles. The van der Waals surface area contributed by atoms with E-state index in [1.54, 1.807) is 12.3 Å². The molecule has 0 aliphatic rings. The molecule has 2 rings (SSSR count). The highest BCUT2D eigenvalue weighted by Crippen LogP contribution is 2.37. The smallest absolute Gasteiger partial charge is 0.167 e. The Morgan fingerprint density at radius 2 is 2.22 bits per heavy atom. The second-order valence-corrected chi connectivity index (χ2v) is 6.07. The van der Waals surface area contributed by atoms with Gasteiger partial charge in [0.05, 0.1) is 6.10 Å². The van der Waals surface area contributed by atoms with Gasteiger partial charge in [-0.05, 0) is 19.9 Å². The Labute approximate surface area is 113 Å². The number of halogens is 1. The number of benzene rings is 1. The van der Waals surface area contributed by atoms with Crippen molar-refractivity contribution < 1.29 is 9.13 Å². The third kappa shape index (κ3) is 3.14. The molecule has 1 heterocycles. The fourth-order valence-corrected chi connectivity index (χ4v) is 2.97. The van der Waals surface area contributed by atoms with Crippen LogP contribution in [0.1, 0.15) is 13.8 Å². The molecule has 0 aliphatic carbocycles. The molecule has 6 heteroatoms. The summed E-state index contributed by atoms with van der Waals surface area (Å²) in [6.45, 7) is 3.70. The van der Waals surface area contributed by atoms with Gasteiger partial charge < -0.3 is 10.5 Å². The molecule has 0 spiro atoms. The monoisotopic (exact) mass is 284 g/mol. The van der Waals surface area contributed by atoms with Crippen LogP contribution in [0.4, 0.5) is 10.1 Å². The number of nitrogens with two attached hydrogens (primary N) is 1. The zero-order valence-corrected chi connectivity index (χ0v) is 11.6. The standard InChI is InChI=1S/C12H13FN2OS2/c1-7(2)16-10-6-11(9(14)5-8(10)13)18-12-15-3-4-17-12/h3-7H,14H2,1-2H3. The lowest BCUT2D eigenvalue weighted by Gasteiger charge is -2.13. The molecule has 0 saturated heterocycles. The largest absolute Gasteiger partial charge is 0.488 e. The molecule has 0 amide bonds. The third-order valence-corrected chi connectivity index (χ3v) is 3.99. The predicted octanol–water partition coefficient (Wildman–Crippen LogP) is 3.80. The molecule has 18 heavy (non-hydrogen) atoms. The summed E-state index contributed by atoms with van der Waals surface area (Å²) in [5.74, 6) is -0.219. The van der Waals surface area contributed by atoms with Crippen molar-refractivity contribution in [3.05, 3.63) is 29.5 Å². The molecule has 3 nitrogen and oxygen atoms in total. The van der Waals surface area contributed by atoms with Gasteiger partial charge in [0, 0.05) is 28.2 Å². The van der Waals surface area contributed by atoms with E-state index in [1.165, 1.54) is 29.2 Å². The number of nitrogen functional groups attached to an aromatic ring is 1. The molecule has 0 bridgehead atoms. The van der Waals surface area contributed by atoms with Gasteiger partial charge in [0.2, 0.25) is 0 Å². The van der Waals surface area contributed by atoms with E-state index in [0.717, 1.165) is 9.24 Å². The van der Waals surface area contributed by atoms with Crippen LogP contribution in [0.3, 0.4) is 0 Å². The summed E-state index contributed by atoms with van der Waals surface area (Å²) in [5.41, 5.74) is 6.19. The highest BCUT2D eigenvalue weighted by Gasteiger charge is 2.12. The molecule has 0 unspecified atom stereocenters. The van der Waals surface area contributed by atoms with E-state index in [2.05, 4.69) is 4.98 Å². The van der Waals surface area contributed by atoms with Gasteiger partial charge in [-0.3, -0.25) is 0 Å². The van der Waals surface area contributed by atoms with Crippen molar-refractivity contribution in [3.8, 4) is 5.75 Å². The molecule has 1 aromatic carbocycles. The van der Waals surface area contributed by atoms with Gasteiger partial charge in [0.25, 0.3) is 0 Å². The van der Waals surface area contributed by atoms with Gasteiger partial charge in [-0.1, -0.05) is 11.8 Å². The number of ether oxygens (including phenoxy) is 1. The summed E-state index contributed by atoms with van der Waals surface area (Å²) < 4.78 is 19.9. The SMILES string of the molecule is CC(C)Oc1cc(Sc2nccs2)c(N)cc1F. The van der Waals surface area contributed by atoms with E-state index >= 15 is 0 Å². The summed E-state index contributed by atoms with van der Waals surface area (Å²) in [6.07, 6.45) is 1.64. The van der Waals surface area contributed by atoms with Crippen molar-refractivity contribution in [2.75, 3.05) is 5.73 Å². The van der Waals surface area contributed by atoms with Crippen molar-refractivity contribution in [1.82, 2.24) is 4.98 Å². The predicted molar refractivity (Wildman–Crippen MR) is 72.8 cm³/mol. The molecule has 0 fully saturated rings. The van der Waals surface area contributed by atoms with Crippen molar-refractivity contribution >= 4 is 28.8 Å². The quantitative estimate of drug-likeness (QED) is 0.867. The summed E-state index contributed by atoms with van der Waals surface area (Å²) in [5, 5.41) is 1.88. The van der Waals surface area contributed by atoms with E-state index in [-0.39, 0.29) is 11.9 Å². The van der Waals surface area contributed by atoms with E-state index in [0.29, 0.717) is 5.69 Å². The van der Waals surface area contributed by atoms with Gasteiger partial charge in [0.15, 0.2) is 15.9 Å². The zero-order chi connectivity index (χ0) is 13.1. The van der Waals surface area contributed by atoms with Crippen molar-refractivity contribution in [2.24, 2.45) is 0 Å². The van der Waals surface area contributed by atoms with Crippen molar-refractivity contribution in [3.63, 3.8) is 0 Å². The van der Waals surface area contributed by atoms with Crippen LogP contribution in [-0.2, 0) is 0 Å². The van der Waals surface area contributed by atoms with Crippen LogP contribution < -0.4 is 10.5 Å². The Hall–Kier alpha value is -1.27. The third-order valence-electron chi connectivity index (χ3n) is 2.03. The van der Waals surface area contributed by atoms with Gasteiger partial charge in [-0.15, -0.1) is 11.3 Å². The first-order chi connectivity index (χ1) is 8.56. The highest BCUT2D eigenvalue weighted by molar-refractivity contribution is 8.01. The summed E-state index contributed by atoms with van der Waals surface area (Å²) >= 11 is 2.92. The second kappa shape index (κ2) is 5.58. The minimum Gasteiger partial charge on any atom is -0.488 e. The maximum Gasteiger partial charge on any atom is 0.167 e. The first-order valence-corrected chi connectivity index (χ1v) is 7.09. The molecule has 2 aromatic rings. The van der Waals surface area contributed by atoms with Crippen molar-refractivity contribution in [2.45, 2.75) is 29.2 Å². The molecule has 0 aliphatic heterocycles. The molecule has 96 valence electrons. The van der Waals surface area contributed by atoms with E-state index in [4.69, 9.17) is 10.5 Å². The molecule has 2 N–H and O–H groups in total. The summed E-state index contributed by atoms with van der Waals surface area (Å²) in [4.78, 5) is 4.91. The van der Waals surface area contributed by atoms with Gasteiger partial charge in [0.1, 0.15) is 0 Å². The molecular weight excluding hydrogens is 271 g/mol. The lowest BCUT2D eigenvalue weighted by atomic mass is 10.3. The molecule has 0 radical (unpaired) electrons. The second-order valence-electron chi connectivity index (χ2n) is 3.89. The van der Waals surface area contributed by atoms with Crippen LogP contribution in [0.2, 0.25) is 0 Å². The van der Waals surface area contributed by atoms with Crippen LogP contribution in [0.5, 0.6) is 5.75 Å². The fraction of sp³-hybridized carbons (Fsp3) is 0.250. The van der Waals surface area contributed by atoms with Crippen LogP contribution in [-0.4, -0.2) is 11.1 Å². The summed E-state index contributed by atoms with van der Waals surface area (Å²) in [7, 11) is 0. The molecule has 0 saturated carbocycles. The number of nitrogens with zero attached hydrogens (tertiary/aromatic N) is 1. The van der Waals surface area contributed by atoms with Crippen LogP contribution >= 0.6 is 23.1 Å². The van der Waals surface area contributed by atoms with E-state index < -0.39 is 5.82 Å². The topological polar surface area (TPSA) is 48.1 Å². The lowest BCUT2D eigenvalue weighted by Crippen LogP contribution is -2.07. The Morgan fingerprint density at radius 1 is 1.44 bits per heavy atom. The zero-order valence-electron chi connectivity index (χ0n) is 10.0. The number of hydrogen-bond acceptors (Lipinski definition) is 5. The molecular formula is C12H13FN2OS2. The maximum absolute atomic E-state index is 13.6. The number of rotatable bonds is 4. The number of anilines is 1. The van der Waals surface area contributed by atoms with Gasteiger partial charge in [-0.2, -0.15) is 0 Å². The Kier molecular flexibility index (Phi) is 4.08. The van der Waals surface area contributed by atoms with Gasteiger partial charge >= 0.3 is 0 Å². The average molecular weight is 284 g/mol. The summed E-state index contributed by atoms with van der Waals surface area (Å²) in [6, 6.07) is 2.91. The van der Waals surface area contributed by atoms with E-state index in [9.17, 15) is 4.39 Å². The van der Waals surface area contributed by atoms with Crippen LogP contribution in [0, 0.1) is 5.82 Å². The van der Waals surface area contributed by atoms with E-state index in [1.807, 2.05) is 19.2 Å². The normalized spacial score (nSPS) is 10.9. The maximum atomic E-state index is 13.6. The first-order valence-electron chi connectivity index (χ1n) is 5.39. The molecule has 0 atom stereocenters. The fourth-order valence-electron chi connectivity index (χ4n) is 1.34. The Morgan fingerprint density at radius 3 is 2.83 bits per heavy atom. The van der Waals surface area contributed by atoms with Crippen LogP contribution in [0.25, 0.3) is 0 Å². The Bertz CT molecular complexity index is 529. The highest BCUT2D eigenvalue weighted by atomic mass is 32.2. The lowest BCUT2D eigenvalue weighted by molar-refractivity contribution is 0.230. The number of aromatic nitrogens is 1. The minimum atomic E-state index is -0.440. The van der Waals surface area contributed by atoms with Crippen molar-refractivity contribution in [1.29, 1.82) is 0 Å². The number of hydrogen-bond donors (Lipinski definition) is 1. The Balaban J connectivity index is 2.29. The first kappa shape index (κ1) is 13.2. The minimum absolute atomic E-state index is 0.0826. The van der Waals surface area contributed by atoms with Gasteiger partial charge in [-0.25, -0.2) is 9.37 Å². The number of thiazole rings is 1. The average Bonchev–Trinajstić information content (AvgIpc) is 2.77. The van der Waals surface area contributed by atoms with Crippen LogP contribution in [0.15, 0.2) is 32.9 Å².